The van der Waals surface area contributed by atoms with Crippen molar-refractivity contribution in [1.29, 1.82) is 0 Å². The van der Waals surface area contributed by atoms with Crippen LogP contribution in [-0.4, -0.2) is 45.8 Å². The highest BCUT2D eigenvalue weighted by Crippen LogP contribution is 2.30. The smallest absolute Gasteiger partial charge is 0.252 e. The molecule has 0 aliphatic carbocycles. The van der Waals surface area contributed by atoms with Crippen molar-refractivity contribution in [3.05, 3.63) is 95.1 Å². The summed E-state index contributed by atoms with van der Waals surface area (Å²) < 4.78 is 13.2. The van der Waals surface area contributed by atoms with Crippen LogP contribution in [0.5, 0.6) is 11.5 Å². The number of hydrogen-bond donors (Lipinski definition) is 5. The molecule has 1 amide bonds. The van der Waals surface area contributed by atoms with Gasteiger partial charge in [-0.25, -0.2) is 0 Å². The molecule has 1 aromatic heterocycles. The molecule has 10 nitrogen and oxygen atoms in total. The van der Waals surface area contributed by atoms with Crippen molar-refractivity contribution >= 4 is 45.0 Å². The van der Waals surface area contributed by atoms with E-state index in [1.807, 2.05) is 0 Å². The lowest BCUT2D eigenvalue weighted by Gasteiger charge is -2.11. The zero-order valence-electron chi connectivity index (χ0n) is 21.4. The monoisotopic (exact) mass is 564 g/mol. The Balaban J connectivity index is 1.64. The van der Waals surface area contributed by atoms with Crippen LogP contribution in [0.4, 0.5) is 0 Å². The molecular weight excluding hydrogens is 536 g/mol. The summed E-state index contributed by atoms with van der Waals surface area (Å²) in [5.74, 6) is -0.339. The van der Waals surface area contributed by atoms with Crippen molar-refractivity contribution in [2.24, 2.45) is 17.2 Å². The minimum absolute atomic E-state index is 0.113. The Bertz CT molecular complexity index is 1630. The number of allylic oxidation sites excluding steroid dienone is 2. The second-order valence-corrected chi connectivity index (χ2v) is 9.45. The van der Waals surface area contributed by atoms with Gasteiger partial charge in [0, 0.05) is 34.8 Å². The van der Waals surface area contributed by atoms with Crippen LogP contribution in [0.15, 0.2) is 79.0 Å². The van der Waals surface area contributed by atoms with E-state index in [1.54, 1.807) is 59.3 Å². The van der Waals surface area contributed by atoms with E-state index in [0.717, 1.165) is 5.39 Å². The van der Waals surface area contributed by atoms with Crippen LogP contribution in [-0.2, 0) is 6.54 Å². The predicted octanol–water partition coefficient (Wildman–Crippen LogP) is 3.20. The Hall–Kier alpha value is -4.51. The minimum atomic E-state index is -0.920. The van der Waals surface area contributed by atoms with Gasteiger partial charge in [-0.1, -0.05) is 17.7 Å². The molecule has 0 aliphatic rings. The normalized spacial score (nSPS) is 12.7. The number of aryl methyl sites for hydroxylation is 1. The summed E-state index contributed by atoms with van der Waals surface area (Å²) in [7, 11) is 0. The molecule has 0 radical (unpaired) electrons. The van der Waals surface area contributed by atoms with E-state index in [9.17, 15) is 19.8 Å². The highest BCUT2D eigenvalue weighted by atomic mass is 35.5. The first kappa shape index (κ1) is 28.5. The van der Waals surface area contributed by atoms with Crippen molar-refractivity contribution in [3.8, 4) is 11.5 Å². The van der Waals surface area contributed by atoms with E-state index in [0.29, 0.717) is 39.2 Å². The van der Waals surface area contributed by atoms with Crippen LogP contribution in [0.3, 0.4) is 0 Å². The number of ether oxygens (including phenoxy) is 2. The number of carbonyl (C=O) groups excluding carboxylic acids is 2. The highest BCUT2D eigenvalue weighted by molar-refractivity contribution is 6.31. The third-order valence-corrected chi connectivity index (χ3v) is 6.44. The summed E-state index contributed by atoms with van der Waals surface area (Å²) in [6, 6.07) is 13.5. The molecule has 0 saturated heterocycles. The van der Waals surface area contributed by atoms with Crippen LogP contribution < -0.4 is 26.7 Å². The number of aromatic nitrogens is 1. The van der Waals surface area contributed by atoms with E-state index in [-0.39, 0.29) is 42.6 Å². The maximum Gasteiger partial charge on any atom is 0.252 e. The summed E-state index contributed by atoms with van der Waals surface area (Å²) in [4.78, 5) is 25.5. The van der Waals surface area contributed by atoms with Gasteiger partial charge in [-0.05, 0) is 71.9 Å². The second kappa shape index (κ2) is 12.6. The molecule has 0 saturated carbocycles. The SMILES string of the molecule is N/C=C\C=C(/N)Oc1ccc2c(C(=O)COc3cc4ccc(Cl)cc4cc3C(N)=O)cn(CCC(O)CO)c2c1. The molecular formula is C29H29ClN4O6. The van der Waals surface area contributed by atoms with Gasteiger partial charge in [0.2, 0.25) is 5.78 Å². The number of halogens is 1. The zero-order chi connectivity index (χ0) is 28.8. The molecule has 0 bridgehead atoms. The number of carbonyl (C=O) groups is 2. The Labute approximate surface area is 234 Å². The van der Waals surface area contributed by atoms with Gasteiger partial charge in [0.15, 0.2) is 12.5 Å². The third-order valence-electron chi connectivity index (χ3n) is 6.20. The lowest BCUT2D eigenvalue weighted by molar-refractivity contribution is 0.0849. The Kier molecular flexibility index (Phi) is 8.95. The number of primary amides is 1. The van der Waals surface area contributed by atoms with Gasteiger partial charge in [-0.3, -0.25) is 9.59 Å². The lowest BCUT2D eigenvalue weighted by atomic mass is 10.1. The summed E-state index contributed by atoms with van der Waals surface area (Å²) in [5, 5.41) is 21.7. The van der Waals surface area contributed by atoms with Crippen LogP contribution in [0.25, 0.3) is 21.7 Å². The molecule has 4 rings (SSSR count). The molecule has 4 aromatic rings. The van der Waals surface area contributed by atoms with Crippen LogP contribution in [0.2, 0.25) is 5.02 Å². The fourth-order valence-corrected chi connectivity index (χ4v) is 4.40. The first-order chi connectivity index (χ1) is 19.2. The number of nitrogens with zero attached hydrogens (tertiary/aromatic N) is 1. The van der Waals surface area contributed by atoms with Crippen LogP contribution in [0.1, 0.15) is 27.1 Å². The zero-order valence-corrected chi connectivity index (χ0v) is 22.2. The van der Waals surface area contributed by atoms with Gasteiger partial charge < -0.3 is 41.5 Å². The van der Waals surface area contributed by atoms with E-state index in [4.69, 9.17) is 38.3 Å². The molecule has 208 valence electrons. The van der Waals surface area contributed by atoms with Crippen molar-refractivity contribution in [3.63, 3.8) is 0 Å². The summed E-state index contributed by atoms with van der Waals surface area (Å²) in [5.41, 5.74) is 17.9. The lowest BCUT2D eigenvalue weighted by Crippen LogP contribution is -2.17. The van der Waals surface area contributed by atoms with Crippen molar-refractivity contribution in [2.75, 3.05) is 13.2 Å². The van der Waals surface area contributed by atoms with E-state index in [2.05, 4.69) is 0 Å². The molecule has 11 heteroatoms. The fourth-order valence-electron chi connectivity index (χ4n) is 4.22. The number of amides is 1. The summed E-state index contributed by atoms with van der Waals surface area (Å²) >= 11 is 6.07. The van der Waals surface area contributed by atoms with E-state index in [1.165, 1.54) is 18.4 Å². The number of benzene rings is 3. The molecule has 0 aliphatic heterocycles. The number of nitrogens with two attached hydrogens (primary N) is 3. The molecule has 1 atom stereocenters. The largest absolute Gasteiger partial charge is 0.485 e. The van der Waals surface area contributed by atoms with Crippen molar-refractivity contribution in [1.82, 2.24) is 4.57 Å². The number of aliphatic hydroxyl groups excluding tert-OH is 2. The topological polar surface area (TPSA) is 176 Å². The average Bonchev–Trinajstić information content (AvgIpc) is 3.30. The quantitative estimate of drug-likeness (QED) is 0.0989. The maximum atomic E-state index is 13.4. The standard InChI is InChI=1S/C29H29ClN4O6/c30-19-4-3-17-12-27(23(29(33)38)11-18(17)10-19)39-16-26(37)24-14-34(9-7-20(36)15-35)25-13-21(5-6-22(24)25)40-28(32)2-1-8-31/h1-6,8,10-14,20,35-36H,7,9,15-16,31-32H2,(H2,33,38)/b8-1-,28-2+. The molecule has 8 N–H and O–H groups in total. The average molecular weight is 565 g/mol. The molecule has 40 heavy (non-hydrogen) atoms. The molecule has 0 spiro atoms. The molecule has 1 unspecified atom stereocenters. The number of Topliss-reactive ketones (excluding diaryl/α,β-unsaturated/α-hetero) is 1. The molecule has 1 heterocycles. The molecule has 3 aromatic carbocycles. The maximum absolute atomic E-state index is 13.4. The van der Waals surface area contributed by atoms with Gasteiger partial charge in [0.1, 0.15) is 11.5 Å². The van der Waals surface area contributed by atoms with Crippen LogP contribution in [0, 0.1) is 0 Å². The highest BCUT2D eigenvalue weighted by Gasteiger charge is 2.19. The second-order valence-electron chi connectivity index (χ2n) is 9.01. The number of fused-ring (bicyclic) bond motifs is 2. The minimum Gasteiger partial charge on any atom is -0.485 e. The van der Waals surface area contributed by atoms with E-state index < -0.39 is 12.0 Å². The Morgan fingerprint density at radius 1 is 1.05 bits per heavy atom. The summed E-state index contributed by atoms with van der Waals surface area (Å²) in [6.45, 7) is -0.434. The Morgan fingerprint density at radius 2 is 1.85 bits per heavy atom. The number of aliphatic hydroxyl groups is 2. The number of hydrogen-bond acceptors (Lipinski definition) is 8. The van der Waals surface area contributed by atoms with Gasteiger partial charge in [0.05, 0.1) is 23.8 Å². The van der Waals surface area contributed by atoms with Gasteiger partial charge in [-0.2, -0.15) is 0 Å². The van der Waals surface area contributed by atoms with Crippen molar-refractivity contribution < 1.29 is 29.3 Å². The molecule has 0 fully saturated rings. The predicted molar refractivity (Wildman–Crippen MR) is 153 cm³/mol. The third kappa shape index (κ3) is 6.55. The summed E-state index contributed by atoms with van der Waals surface area (Å²) in [6.07, 6.45) is 5.32. The first-order valence-electron chi connectivity index (χ1n) is 12.3. The first-order valence-corrected chi connectivity index (χ1v) is 12.7. The van der Waals surface area contributed by atoms with Gasteiger partial charge >= 0.3 is 0 Å². The van der Waals surface area contributed by atoms with Crippen molar-refractivity contribution in [2.45, 2.75) is 19.1 Å². The number of rotatable bonds is 12. The van der Waals surface area contributed by atoms with Gasteiger partial charge in [-0.15, -0.1) is 0 Å². The fraction of sp³-hybridized carbons (Fsp3) is 0.172. The Morgan fingerprint density at radius 3 is 2.58 bits per heavy atom. The van der Waals surface area contributed by atoms with Crippen LogP contribution >= 0.6 is 11.6 Å². The van der Waals surface area contributed by atoms with E-state index >= 15 is 0 Å². The number of ketones is 1. The van der Waals surface area contributed by atoms with Gasteiger partial charge in [0.25, 0.3) is 5.91 Å².